The number of anilines is 2. The van der Waals surface area contributed by atoms with Gasteiger partial charge in [0.05, 0.1) is 17.2 Å². The number of carbonyl (C=O) groups is 3. The average molecular weight is 405 g/mol. The van der Waals surface area contributed by atoms with Crippen molar-refractivity contribution in [2.75, 3.05) is 16.8 Å². The molecule has 1 aliphatic carbocycles. The van der Waals surface area contributed by atoms with Crippen LogP contribution in [0.2, 0.25) is 0 Å². The second-order valence-electron chi connectivity index (χ2n) is 8.18. The molecule has 0 aromatic heterocycles. The Morgan fingerprint density at radius 3 is 2.47 bits per heavy atom. The molecule has 4 rings (SSSR count). The van der Waals surface area contributed by atoms with E-state index in [4.69, 9.17) is 0 Å². The summed E-state index contributed by atoms with van der Waals surface area (Å²) >= 11 is 0. The number of carbonyl (C=O) groups excluding carboxylic acids is 3. The van der Waals surface area contributed by atoms with Crippen LogP contribution in [0.1, 0.15) is 48.0 Å². The molecule has 0 spiro atoms. The Morgan fingerprint density at radius 2 is 1.70 bits per heavy atom. The summed E-state index contributed by atoms with van der Waals surface area (Å²) in [4.78, 5) is 39.9. The molecule has 156 valence electrons. The number of amides is 3. The van der Waals surface area contributed by atoms with Crippen molar-refractivity contribution in [3.8, 4) is 0 Å². The first-order valence-electron chi connectivity index (χ1n) is 10.6. The number of hydrogen-bond acceptors (Lipinski definition) is 3. The highest BCUT2D eigenvalue weighted by Gasteiger charge is 2.36. The number of rotatable bonds is 5. The molecule has 1 saturated heterocycles. The standard InChI is InChI=1S/C24H27N3O3/c1-16-8-2-7-13-21(16)27-15-17(14-22(27)28)23(29)26-20-12-6-5-11-19(20)24(30)25-18-9-3-4-10-18/h2,5-8,11-13,17-18H,3-4,9-10,14-15H2,1H3,(H,25,30)(H,26,29)/t17-/m1/s1. The zero-order valence-corrected chi connectivity index (χ0v) is 17.2. The smallest absolute Gasteiger partial charge is 0.253 e. The van der Waals surface area contributed by atoms with E-state index in [0.29, 0.717) is 17.8 Å². The number of benzene rings is 2. The fourth-order valence-electron chi connectivity index (χ4n) is 4.34. The van der Waals surface area contributed by atoms with E-state index in [0.717, 1.165) is 36.9 Å². The summed E-state index contributed by atoms with van der Waals surface area (Å²) in [7, 11) is 0. The maximum Gasteiger partial charge on any atom is 0.253 e. The van der Waals surface area contributed by atoms with Crippen LogP contribution >= 0.6 is 0 Å². The van der Waals surface area contributed by atoms with Crippen molar-refractivity contribution in [2.45, 2.75) is 45.1 Å². The summed E-state index contributed by atoms with van der Waals surface area (Å²) in [6.45, 7) is 2.29. The Bertz CT molecular complexity index is 966. The molecule has 2 fully saturated rings. The van der Waals surface area contributed by atoms with Crippen molar-refractivity contribution in [1.82, 2.24) is 5.32 Å². The SMILES string of the molecule is Cc1ccccc1N1C[C@H](C(=O)Nc2ccccc2C(=O)NC2CCCC2)CC1=O. The Hall–Kier alpha value is -3.15. The molecule has 0 unspecified atom stereocenters. The predicted molar refractivity (Wildman–Crippen MR) is 116 cm³/mol. The van der Waals surface area contributed by atoms with Crippen LogP contribution in [0.4, 0.5) is 11.4 Å². The van der Waals surface area contributed by atoms with E-state index in [1.807, 2.05) is 31.2 Å². The summed E-state index contributed by atoms with van der Waals surface area (Å²) in [6.07, 6.45) is 4.43. The van der Waals surface area contributed by atoms with Crippen LogP contribution in [-0.2, 0) is 9.59 Å². The van der Waals surface area contributed by atoms with Crippen LogP contribution in [0.15, 0.2) is 48.5 Å². The number of para-hydroxylation sites is 2. The predicted octanol–water partition coefficient (Wildman–Crippen LogP) is 3.66. The van der Waals surface area contributed by atoms with Gasteiger partial charge in [0.15, 0.2) is 0 Å². The van der Waals surface area contributed by atoms with Crippen LogP contribution in [0.3, 0.4) is 0 Å². The Kier molecular flexibility index (Phi) is 5.84. The Labute approximate surface area is 176 Å². The monoisotopic (exact) mass is 405 g/mol. The van der Waals surface area contributed by atoms with Crippen molar-refractivity contribution in [3.63, 3.8) is 0 Å². The lowest BCUT2D eigenvalue weighted by Gasteiger charge is -2.19. The first kappa shape index (κ1) is 20.1. The van der Waals surface area contributed by atoms with Crippen molar-refractivity contribution < 1.29 is 14.4 Å². The largest absolute Gasteiger partial charge is 0.349 e. The third-order valence-corrected chi connectivity index (χ3v) is 6.02. The van der Waals surface area contributed by atoms with Gasteiger partial charge in [-0.15, -0.1) is 0 Å². The van der Waals surface area contributed by atoms with E-state index >= 15 is 0 Å². The van der Waals surface area contributed by atoms with Gasteiger partial charge in [-0.25, -0.2) is 0 Å². The minimum absolute atomic E-state index is 0.0586. The lowest BCUT2D eigenvalue weighted by Crippen LogP contribution is -2.34. The number of nitrogens with zero attached hydrogens (tertiary/aromatic N) is 1. The quantitative estimate of drug-likeness (QED) is 0.797. The molecular formula is C24H27N3O3. The molecular weight excluding hydrogens is 378 g/mol. The minimum atomic E-state index is -0.456. The molecule has 2 aromatic carbocycles. The molecule has 3 amide bonds. The van der Waals surface area contributed by atoms with Crippen LogP contribution in [0, 0.1) is 12.8 Å². The van der Waals surface area contributed by atoms with E-state index in [1.165, 1.54) is 0 Å². The van der Waals surface area contributed by atoms with Crippen LogP contribution in [0.25, 0.3) is 0 Å². The molecule has 6 nitrogen and oxygen atoms in total. The molecule has 1 atom stereocenters. The van der Waals surface area contributed by atoms with Crippen LogP contribution < -0.4 is 15.5 Å². The summed E-state index contributed by atoms with van der Waals surface area (Å²) in [6, 6.07) is 14.9. The highest BCUT2D eigenvalue weighted by molar-refractivity contribution is 6.07. The molecule has 0 bridgehead atoms. The maximum absolute atomic E-state index is 12.9. The fraction of sp³-hybridized carbons (Fsp3) is 0.375. The van der Waals surface area contributed by atoms with E-state index in [9.17, 15) is 14.4 Å². The van der Waals surface area contributed by atoms with Crippen LogP contribution in [-0.4, -0.2) is 30.3 Å². The molecule has 2 aliphatic rings. The summed E-state index contributed by atoms with van der Waals surface area (Å²) in [5.41, 5.74) is 2.78. The van der Waals surface area contributed by atoms with Gasteiger partial charge in [-0.3, -0.25) is 14.4 Å². The van der Waals surface area contributed by atoms with Gasteiger partial charge in [-0.05, 0) is 43.5 Å². The number of nitrogens with one attached hydrogen (secondary N) is 2. The Balaban J connectivity index is 1.45. The van der Waals surface area contributed by atoms with E-state index in [-0.39, 0.29) is 30.2 Å². The van der Waals surface area contributed by atoms with Crippen molar-refractivity contribution in [3.05, 3.63) is 59.7 Å². The first-order chi connectivity index (χ1) is 14.5. The third kappa shape index (κ3) is 4.22. The molecule has 1 heterocycles. The second kappa shape index (κ2) is 8.69. The lowest BCUT2D eigenvalue weighted by atomic mass is 10.1. The molecule has 0 radical (unpaired) electrons. The highest BCUT2D eigenvalue weighted by atomic mass is 16.2. The van der Waals surface area contributed by atoms with Gasteiger partial charge in [-0.2, -0.15) is 0 Å². The summed E-state index contributed by atoms with van der Waals surface area (Å²) in [5.74, 6) is -0.915. The van der Waals surface area contributed by atoms with Gasteiger partial charge < -0.3 is 15.5 Å². The maximum atomic E-state index is 12.9. The molecule has 1 saturated carbocycles. The van der Waals surface area contributed by atoms with Crippen molar-refractivity contribution in [1.29, 1.82) is 0 Å². The van der Waals surface area contributed by atoms with Gasteiger partial charge in [0.1, 0.15) is 0 Å². The number of aryl methyl sites for hydroxylation is 1. The highest BCUT2D eigenvalue weighted by Crippen LogP contribution is 2.29. The Morgan fingerprint density at radius 1 is 1.00 bits per heavy atom. The van der Waals surface area contributed by atoms with Gasteiger partial charge in [-0.1, -0.05) is 43.2 Å². The lowest BCUT2D eigenvalue weighted by molar-refractivity contribution is -0.122. The van der Waals surface area contributed by atoms with E-state index in [1.54, 1.807) is 29.2 Å². The van der Waals surface area contributed by atoms with E-state index < -0.39 is 5.92 Å². The van der Waals surface area contributed by atoms with Crippen molar-refractivity contribution in [2.24, 2.45) is 5.92 Å². The summed E-state index contributed by atoms with van der Waals surface area (Å²) in [5, 5.41) is 5.95. The zero-order valence-electron chi connectivity index (χ0n) is 17.2. The molecule has 30 heavy (non-hydrogen) atoms. The molecule has 1 aliphatic heterocycles. The minimum Gasteiger partial charge on any atom is -0.349 e. The molecule has 6 heteroatoms. The molecule has 2 N–H and O–H groups in total. The number of hydrogen-bond donors (Lipinski definition) is 2. The van der Waals surface area contributed by atoms with Crippen molar-refractivity contribution >= 4 is 29.1 Å². The van der Waals surface area contributed by atoms with E-state index in [2.05, 4.69) is 10.6 Å². The first-order valence-corrected chi connectivity index (χ1v) is 10.6. The second-order valence-corrected chi connectivity index (χ2v) is 8.18. The summed E-state index contributed by atoms with van der Waals surface area (Å²) < 4.78 is 0. The van der Waals surface area contributed by atoms with Gasteiger partial charge in [0, 0.05) is 24.7 Å². The van der Waals surface area contributed by atoms with Gasteiger partial charge in [0.25, 0.3) is 5.91 Å². The van der Waals surface area contributed by atoms with Gasteiger partial charge >= 0.3 is 0 Å². The fourth-order valence-corrected chi connectivity index (χ4v) is 4.34. The average Bonchev–Trinajstić information content (AvgIpc) is 3.38. The van der Waals surface area contributed by atoms with Crippen LogP contribution in [0.5, 0.6) is 0 Å². The zero-order chi connectivity index (χ0) is 21.1. The third-order valence-electron chi connectivity index (χ3n) is 6.02. The normalized spacial score (nSPS) is 19.2. The topological polar surface area (TPSA) is 78.5 Å². The van der Waals surface area contributed by atoms with Gasteiger partial charge in [0.2, 0.25) is 11.8 Å². The molecule has 2 aromatic rings.